The number of aliphatic hydroxyl groups excluding tert-OH is 1. The highest BCUT2D eigenvalue weighted by Crippen LogP contribution is 2.26. The highest BCUT2D eigenvalue weighted by Gasteiger charge is 2.10. The lowest BCUT2D eigenvalue weighted by atomic mass is 10.1. The fraction of sp³-hybridized carbons (Fsp3) is 0.357. The van der Waals surface area contributed by atoms with Crippen LogP contribution in [0.2, 0.25) is 0 Å². The normalized spacial score (nSPS) is 11.4. The Bertz CT molecular complexity index is 461. The van der Waals surface area contributed by atoms with Gasteiger partial charge >= 0.3 is 0 Å². The van der Waals surface area contributed by atoms with E-state index >= 15 is 0 Å². The number of carbonyl (C=O) groups excluding carboxylic acids is 1. The minimum absolute atomic E-state index is 0.121. The molecule has 0 fully saturated rings. The van der Waals surface area contributed by atoms with Gasteiger partial charge in [-0.1, -0.05) is 17.6 Å². The highest BCUT2D eigenvalue weighted by molar-refractivity contribution is 5.77. The summed E-state index contributed by atoms with van der Waals surface area (Å²) in [5, 5.41) is 12.1. The third kappa shape index (κ3) is 4.11. The lowest BCUT2D eigenvalue weighted by Gasteiger charge is -2.13. The van der Waals surface area contributed by atoms with Crippen molar-refractivity contribution in [2.75, 3.05) is 13.2 Å². The van der Waals surface area contributed by atoms with E-state index in [1.807, 2.05) is 19.1 Å². The van der Waals surface area contributed by atoms with Crippen LogP contribution in [0.5, 0.6) is 5.75 Å². The molecule has 1 aromatic rings. The Hall–Kier alpha value is -1.99. The second kappa shape index (κ2) is 6.67. The first-order chi connectivity index (χ1) is 8.54. The first kappa shape index (κ1) is 14.1. The number of hydrogen-bond acceptors (Lipinski definition) is 3. The van der Waals surface area contributed by atoms with Crippen LogP contribution in [0.4, 0.5) is 0 Å². The van der Waals surface area contributed by atoms with E-state index in [-0.39, 0.29) is 19.1 Å². The van der Waals surface area contributed by atoms with Gasteiger partial charge in [0.25, 0.3) is 5.91 Å². The van der Waals surface area contributed by atoms with Crippen LogP contribution in [0, 0.1) is 19.3 Å². The fourth-order valence-electron chi connectivity index (χ4n) is 1.47. The van der Waals surface area contributed by atoms with Crippen molar-refractivity contribution in [3.05, 3.63) is 29.3 Å². The average molecular weight is 247 g/mol. The molecule has 0 spiro atoms. The summed E-state index contributed by atoms with van der Waals surface area (Å²) in [6.45, 7) is 3.64. The average Bonchev–Trinajstić information content (AvgIpc) is 2.34. The molecule has 1 amide bonds. The second-order valence-corrected chi connectivity index (χ2v) is 3.99. The summed E-state index contributed by atoms with van der Waals surface area (Å²) in [4.78, 5) is 11.3. The number of aliphatic hydroxyl groups is 1. The van der Waals surface area contributed by atoms with Crippen LogP contribution in [0.3, 0.4) is 0 Å². The smallest absolute Gasteiger partial charge is 0.258 e. The zero-order chi connectivity index (χ0) is 13.5. The van der Waals surface area contributed by atoms with Gasteiger partial charge in [-0.3, -0.25) is 4.79 Å². The van der Waals surface area contributed by atoms with Gasteiger partial charge in [0, 0.05) is 5.56 Å². The van der Waals surface area contributed by atoms with Gasteiger partial charge in [0.1, 0.15) is 5.75 Å². The van der Waals surface area contributed by atoms with Gasteiger partial charge in [-0.2, -0.15) is 0 Å². The van der Waals surface area contributed by atoms with Gasteiger partial charge in [-0.15, -0.1) is 6.42 Å². The van der Waals surface area contributed by atoms with Crippen LogP contribution in [0.25, 0.3) is 0 Å². The number of hydrogen-bond donors (Lipinski definition) is 2. The number of amides is 1. The molecule has 1 aromatic carbocycles. The number of carbonyl (C=O) groups is 1. The van der Waals surface area contributed by atoms with E-state index in [1.165, 1.54) is 0 Å². The third-order valence-corrected chi connectivity index (χ3v) is 2.36. The Labute approximate surface area is 107 Å². The van der Waals surface area contributed by atoms with Crippen LogP contribution in [0.15, 0.2) is 18.2 Å². The van der Waals surface area contributed by atoms with Crippen molar-refractivity contribution in [2.24, 2.45) is 0 Å². The van der Waals surface area contributed by atoms with E-state index in [0.29, 0.717) is 11.3 Å². The van der Waals surface area contributed by atoms with E-state index in [4.69, 9.17) is 11.2 Å². The first-order valence-electron chi connectivity index (χ1n) is 5.66. The van der Waals surface area contributed by atoms with Crippen molar-refractivity contribution < 1.29 is 14.6 Å². The molecule has 1 rings (SSSR count). The third-order valence-electron chi connectivity index (χ3n) is 2.36. The minimum atomic E-state index is -0.645. The van der Waals surface area contributed by atoms with Crippen molar-refractivity contribution in [3.63, 3.8) is 0 Å². The van der Waals surface area contributed by atoms with E-state index in [0.717, 1.165) is 5.56 Å². The van der Waals surface area contributed by atoms with Crippen LogP contribution >= 0.6 is 0 Å². The van der Waals surface area contributed by atoms with Crippen molar-refractivity contribution in [2.45, 2.75) is 20.0 Å². The van der Waals surface area contributed by atoms with Crippen LogP contribution in [0.1, 0.15) is 24.2 Å². The molecule has 2 N–H and O–H groups in total. The maximum Gasteiger partial charge on any atom is 0.258 e. The number of ether oxygens (including phenoxy) is 1. The van der Waals surface area contributed by atoms with Crippen molar-refractivity contribution in [1.82, 2.24) is 5.32 Å². The molecule has 4 nitrogen and oxygen atoms in total. The topological polar surface area (TPSA) is 58.6 Å². The predicted molar refractivity (Wildman–Crippen MR) is 69.2 cm³/mol. The summed E-state index contributed by atoms with van der Waals surface area (Å²) in [6, 6.07) is 5.44. The first-order valence-corrected chi connectivity index (χ1v) is 5.66. The van der Waals surface area contributed by atoms with Gasteiger partial charge in [0.05, 0.1) is 12.6 Å². The Morgan fingerprint density at radius 1 is 1.61 bits per heavy atom. The van der Waals surface area contributed by atoms with Gasteiger partial charge in [0.15, 0.2) is 6.61 Å². The van der Waals surface area contributed by atoms with E-state index in [9.17, 15) is 9.90 Å². The molecule has 0 saturated heterocycles. The summed E-state index contributed by atoms with van der Waals surface area (Å²) >= 11 is 0. The van der Waals surface area contributed by atoms with E-state index in [1.54, 1.807) is 13.0 Å². The SMILES string of the molecule is C#CCNC(=O)COc1ccc(C)cc1C(C)O. The van der Waals surface area contributed by atoms with Crippen LogP contribution in [-0.2, 0) is 4.79 Å². The van der Waals surface area contributed by atoms with Gasteiger partial charge in [0.2, 0.25) is 0 Å². The van der Waals surface area contributed by atoms with Crippen LogP contribution < -0.4 is 10.1 Å². The molecule has 96 valence electrons. The Morgan fingerprint density at radius 2 is 2.33 bits per heavy atom. The maximum absolute atomic E-state index is 11.3. The molecule has 0 heterocycles. The summed E-state index contributed by atoms with van der Waals surface area (Å²) < 4.78 is 5.37. The van der Waals surface area contributed by atoms with Crippen molar-refractivity contribution >= 4 is 5.91 Å². The molecule has 0 bridgehead atoms. The molecule has 0 aliphatic heterocycles. The van der Waals surface area contributed by atoms with Crippen molar-refractivity contribution in [1.29, 1.82) is 0 Å². The molecule has 4 heteroatoms. The highest BCUT2D eigenvalue weighted by atomic mass is 16.5. The summed E-state index contributed by atoms with van der Waals surface area (Å²) in [5.41, 5.74) is 1.69. The zero-order valence-corrected chi connectivity index (χ0v) is 10.6. The van der Waals surface area contributed by atoms with Gasteiger partial charge in [-0.05, 0) is 26.0 Å². The minimum Gasteiger partial charge on any atom is -0.483 e. The summed E-state index contributed by atoms with van der Waals surface area (Å²) in [5.74, 6) is 2.53. The standard InChI is InChI=1S/C14H17NO3/c1-4-7-15-14(17)9-18-13-6-5-10(2)8-12(13)11(3)16/h1,5-6,8,11,16H,7,9H2,2-3H3,(H,15,17). The maximum atomic E-state index is 11.3. The van der Waals surface area contributed by atoms with E-state index in [2.05, 4.69) is 11.2 Å². The molecule has 0 saturated carbocycles. The quantitative estimate of drug-likeness (QED) is 0.768. The largest absolute Gasteiger partial charge is 0.483 e. The zero-order valence-electron chi connectivity index (χ0n) is 10.6. The molecule has 0 aromatic heterocycles. The number of aryl methyl sites for hydroxylation is 1. The van der Waals surface area contributed by atoms with Gasteiger partial charge < -0.3 is 15.2 Å². The monoisotopic (exact) mass is 247 g/mol. The summed E-state index contributed by atoms with van der Waals surface area (Å²) in [6.07, 6.45) is 4.38. The summed E-state index contributed by atoms with van der Waals surface area (Å²) in [7, 11) is 0. The molecule has 0 aliphatic rings. The number of benzene rings is 1. The molecule has 1 atom stereocenters. The molecular formula is C14H17NO3. The number of nitrogens with one attached hydrogen (secondary N) is 1. The van der Waals surface area contributed by atoms with Crippen LogP contribution in [-0.4, -0.2) is 24.2 Å². The molecular weight excluding hydrogens is 230 g/mol. The molecule has 0 radical (unpaired) electrons. The molecule has 0 aliphatic carbocycles. The lowest BCUT2D eigenvalue weighted by molar-refractivity contribution is -0.122. The Kier molecular flexibility index (Phi) is 5.22. The Balaban J connectivity index is 2.67. The molecule has 1 unspecified atom stereocenters. The lowest BCUT2D eigenvalue weighted by Crippen LogP contribution is -2.29. The van der Waals surface area contributed by atoms with Crippen molar-refractivity contribution in [3.8, 4) is 18.1 Å². The molecule has 18 heavy (non-hydrogen) atoms. The van der Waals surface area contributed by atoms with E-state index < -0.39 is 6.10 Å². The Morgan fingerprint density at radius 3 is 2.94 bits per heavy atom. The number of rotatable bonds is 5. The van der Waals surface area contributed by atoms with Gasteiger partial charge in [-0.25, -0.2) is 0 Å². The fourth-order valence-corrected chi connectivity index (χ4v) is 1.47. The number of terminal acetylenes is 1. The second-order valence-electron chi connectivity index (χ2n) is 3.99. The predicted octanol–water partition coefficient (Wildman–Crippen LogP) is 1.18.